The van der Waals surface area contributed by atoms with Crippen LogP contribution in [0.3, 0.4) is 0 Å². The second kappa shape index (κ2) is 5.53. The highest BCUT2D eigenvalue weighted by Crippen LogP contribution is 2.36. The van der Waals surface area contributed by atoms with Crippen molar-refractivity contribution < 1.29 is 14.7 Å². The maximum absolute atomic E-state index is 12.3. The van der Waals surface area contributed by atoms with Crippen LogP contribution < -0.4 is 5.32 Å². The first-order valence-electron chi connectivity index (χ1n) is 7.06. The van der Waals surface area contributed by atoms with E-state index in [4.69, 9.17) is 5.11 Å². The van der Waals surface area contributed by atoms with Gasteiger partial charge in [0, 0.05) is 6.42 Å². The van der Waals surface area contributed by atoms with Crippen molar-refractivity contribution in [1.29, 1.82) is 0 Å². The highest BCUT2D eigenvalue weighted by molar-refractivity contribution is 7.13. The molecule has 1 amide bonds. The van der Waals surface area contributed by atoms with Gasteiger partial charge >= 0.3 is 5.97 Å². The van der Waals surface area contributed by atoms with Crippen molar-refractivity contribution in [1.82, 2.24) is 10.3 Å². The fourth-order valence-corrected chi connectivity index (χ4v) is 3.29. The van der Waals surface area contributed by atoms with Gasteiger partial charge in [0.1, 0.15) is 10.4 Å². The number of carbonyl (C=O) groups is 2. The number of benzene rings is 1. The highest BCUT2D eigenvalue weighted by Gasteiger charge is 2.52. The molecule has 2 N–H and O–H groups in total. The summed E-state index contributed by atoms with van der Waals surface area (Å²) in [6.07, 6.45) is 1.65. The number of carbonyl (C=O) groups excluding carboxylic acids is 1. The minimum Gasteiger partial charge on any atom is -0.480 e. The fourth-order valence-electron chi connectivity index (χ4n) is 2.30. The number of nitrogens with zero attached hydrogens (tertiary/aromatic N) is 1. The van der Waals surface area contributed by atoms with Crippen molar-refractivity contribution in [3.63, 3.8) is 0 Å². The maximum Gasteiger partial charge on any atom is 0.329 e. The molecule has 1 aliphatic carbocycles. The van der Waals surface area contributed by atoms with Crippen LogP contribution in [0.1, 0.15) is 38.8 Å². The summed E-state index contributed by atoms with van der Waals surface area (Å²) >= 11 is 1.33. The number of hydrogen-bond acceptors (Lipinski definition) is 4. The third-order valence-electron chi connectivity index (χ3n) is 3.76. The lowest BCUT2D eigenvalue weighted by Gasteiger charge is -2.11. The van der Waals surface area contributed by atoms with Crippen molar-refractivity contribution in [3.8, 4) is 0 Å². The largest absolute Gasteiger partial charge is 0.480 e. The third kappa shape index (κ3) is 2.87. The number of aromatic nitrogens is 1. The number of nitrogens with one attached hydrogen (secondary N) is 1. The molecule has 114 valence electrons. The zero-order valence-corrected chi connectivity index (χ0v) is 12.9. The molecule has 2 aromatic rings. The Hall–Kier alpha value is -2.21. The van der Waals surface area contributed by atoms with Crippen LogP contribution in [0, 0.1) is 6.92 Å². The number of aryl methyl sites for hydroxylation is 1. The molecular weight excluding hydrogens is 300 g/mol. The number of aliphatic carboxylic acids is 1. The SMILES string of the molecule is Cc1nc(Cc2ccccc2)sc1C(=O)NC1(C(=O)O)CC1. The number of thiazole rings is 1. The zero-order chi connectivity index (χ0) is 15.7. The van der Waals surface area contributed by atoms with Gasteiger partial charge < -0.3 is 10.4 Å². The van der Waals surface area contributed by atoms with E-state index in [0.29, 0.717) is 29.8 Å². The molecule has 0 radical (unpaired) electrons. The van der Waals surface area contributed by atoms with Crippen molar-refractivity contribution in [2.75, 3.05) is 0 Å². The molecule has 0 saturated heterocycles. The molecule has 0 unspecified atom stereocenters. The third-order valence-corrected chi connectivity index (χ3v) is 4.91. The van der Waals surface area contributed by atoms with Gasteiger partial charge in [-0.2, -0.15) is 0 Å². The molecule has 0 spiro atoms. The molecule has 5 nitrogen and oxygen atoms in total. The van der Waals surface area contributed by atoms with Gasteiger partial charge in [-0.25, -0.2) is 9.78 Å². The van der Waals surface area contributed by atoms with Crippen LogP contribution in [0.15, 0.2) is 30.3 Å². The van der Waals surface area contributed by atoms with Gasteiger partial charge in [0.25, 0.3) is 5.91 Å². The van der Waals surface area contributed by atoms with Gasteiger partial charge in [-0.05, 0) is 25.3 Å². The summed E-state index contributed by atoms with van der Waals surface area (Å²) in [5.74, 6) is -1.30. The summed E-state index contributed by atoms with van der Waals surface area (Å²) < 4.78 is 0. The smallest absolute Gasteiger partial charge is 0.329 e. The topological polar surface area (TPSA) is 79.3 Å². The van der Waals surface area contributed by atoms with E-state index in [-0.39, 0.29) is 5.91 Å². The Balaban J connectivity index is 1.75. The van der Waals surface area contributed by atoms with Gasteiger partial charge in [0.15, 0.2) is 0 Å². The summed E-state index contributed by atoms with van der Waals surface area (Å²) in [6, 6.07) is 9.91. The number of amides is 1. The monoisotopic (exact) mass is 316 g/mol. The van der Waals surface area contributed by atoms with E-state index in [1.807, 2.05) is 30.3 Å². The quantitative estimate of drug-likeness (QED) is 0.887. The Labute approximate surface area is 132 Å². The molecule has 1 aromatic carbocycles. The molecule has 1 fully saturated rings. The highest BCUT2D eigenvalue weighted by atomic mass is 32.1. The summed E-state index contributed by atoms with van der Waals surface area (Å²) in [4.78, 5) is 28.4. The Morgan fingerprint density at radius 2 is 2.00 bits per heavy atom. The summed E-state index contributed by atoms with van der Waals surface area (Å²) in [5, 5.41) is 12.6. The normalized spacial score (nSPS) is 15.3. The van der Waals surface area contributed by atoms with Gasteiger partial charge in [-0.15, -0.1) is 11.3 Å². The molecule has 1 aromatic heterocycles. The minimum atomic E-state index is -1.06. The van der Waals surface area contributed by atoms with E-state index in [0.717, 1.165) is 10.6 Å². The Kier molecular flexibility index (Phi) is 3.70. The number of rotatable bonds is 5. The van der Waals surface area contributed by atoms with Crippen molar-refractivity contribution in [2.45, 2.75) is 31.7 Å². The van der Waals surface area contributed by atoms with Gasteiger partial charge in [0.05, 0.1) is 10.7 Å². The number of carboxylic acid groups (broad SMARTS) is 1. The van der Waals surface area contributed by atoms with Crippen molar-refractivity contribution in [3.05, 3.63) is 51.5 Å². The van der Waals surface area contributed by atoms with E-state index < -0.39 is 11.5 Å². The zero-order valence-electron chi connectivity index (χ0n) is 12.1. The molecule has 1 aliphatic rings. The predicted molar refractivity (Wildman–Crippen MR) is 83.2 cm³/mol. The molecule has 1 saturated carbocycles. The van der Waals surface area contributed by atoms with E-state index in [9.17, 15) is 9.59 Å². The van der Waals surface area contributed by atoms with E-state index in [2.05, 4.69) is 10.3 Å². The number of hydrogen-bond donors (Lipinski definition) is 2. The van der Waals surface area contributed by atoms with E-state index in [1.54, 1.807) is 6.92 Å². The standard InChI is InChI=1S/C16H16N2O3S/c1-10-13(14(19)18-16(7-8-16)15(20)21)22-12(17-10)9-11-5-3-2-4-6-11/h2-6H,7-9H2,1H3,(H,18,19)(H,20,21). The Morgan fingerprint density at radius 3 is 2.59 bits per heavy atom. The summed E-state index contributed by atoms with van der Waals surface area (Å²) in [7, 11) is 0. The second-order valence-electron chi connectivity index (χ2n) is 5.53. The van der Waals surface area contributed by atoms with Crippen LogP contribution in [0.25, 0.3) is 0 Å². The lowest BCUT2D eigenvalue weighted by Crippen LogP contribution is -2.42. The average molecular weight is 316 g/mol. The van der Waals surface area contributed by atoms with Gasteiger partial charge in [-0.1, -0.05) is 30.3 Å². The fraction of sp³-hybridized carbons (Fsp3) is 0.312. The Bertz CT molecular complexity index is 720. The first-order valence-corrected chi connectivity index (χ1v) is 7.88. The summed E-state index contributed by atoms with van der Waals surface area (Å²) in [6.45, 7) is 1.78. The molecule has 1 heterocycles. The van der Waals surface area contributed by atoms with Crippen LogP contribution >= 0.6 is 11.3 Å². The van der Waals surface area contributed by atoms with Gasteiger partial charge in [-0.3, -0.25) is 4.79 Å². The average Bonchev–Trinajstić information content (AvgIpc) is 3.17. The van der Waals surface area contributed by atoms with Crippen LogP contribution in [-0.4, -0.2) is 27.5 Å². The van der Waals surface area contributed by atoms with Gasteiger partial charge in [0.2, 0.25) is 0 Å². The lowest BCUT2D eigenvalue weighted by atomic mass is 10.2. The molecule has 0 aliphatic heterocycles. The van der Waals surface area contributed by atoms with Crippen LogP contribution in [0.2, 0.25) is 0 Å². The molecule has 6 heteroatoms. The van der Waals surface area contributed by atoms with E-state index in [1.165, 1.54) is 11.3 Å². The second-order valence-corrected chi connectivity index (χ2v) is 6.61. The molecular formula is C16H16N2O3S. The van der Waals surface area contributed by atoms with Crippen LogP contribution in [0.5, 0.6) is 0 Å². The van der Waals surface area contributed by atoms with Crippen LogP contribution in [0.4, 0.5) is 0 Å². The first-order chi connectivity index (χ1) is 10.5. The first kappa shape index (κ1) is 14.7. The lowest BCUT2D eigenvalue weighted by molar-refractivity contribution is -0.140. The van der Waals surface area contributed by atoms with Crippen molar-refractivity contribution in [2.24, 2.45) is 0 Å². The minimum absolute atomic E-state index is 0.339. The van der Waals surface area contributed by atoms with E-state index >= 15 is 0 Å². The summed E-state index contributed by atoms with van der Waals surface area (Å²) in [5.41, 5.74) is 0.717. The van der Waals surface area contributed by atoms with Crippen molar-refractivity contribution >= 4 is 23.2 Å². The van der Waals surface area contributed by atoms with Crippen LogP contribution in [-0.2, 0) is 11.2 Å². The molecule has 3 rings (SSSR count). The Morgan fingerprint density at radius 1 is 1.32 bits per heavy atom. The molecule has 0 atom stereocenters. The number of carboxylic acids is 1. The molecule has 22 heavy (non-hydrogen) atoms. The molecule has 0 bridgehead atoms. The predicted octanol–water partition coefficient (Wildman–Crippen LogP) is 2.39. The maximum atomic E-state index is 12.3.